The van der Waals surface area contributed by atoms with Gasteiger partial charge in [-0.1, -0.05) is 30.7 Å². The fourth-order valence-electron chi connectivity index (χ4n) is 6.21. The summed E-state index contributed by atoms with van der Waals surface area (Å²) in [6, 6.07) is 7.73. The summed E-state index contributed by atoms with van der Waals surface area (Å²) in [6.45, 7) is 4.15. The molecule has 3 N–H and O–H groups in total. The number of ketones is 1. The predicted molar refractivity (Wildman–Crippen MR) is 149 cm³/mol. The summed E-state index contributed by atoms with van der Waals surface area (Å²) in [7, 11) is -4.06. The van der Waals surface area contributed by atoms with Crippen LogP contribution in [0.25, 0.3) is 0 Å². The van der Waals surface area contributed by atoms with Crippen LogP contribution in [-0.4, -0.2) is 32.7 Å². The maximum atomic E-state index is 12.9. The van der Waals surface area contributed by atoms with Crippen molar-refractivity contribution in [3.8, 4) is 0 Å². The van der Waals surface area contributed by atoms with Crippen molar-refractivity contribution in [1.29, 1.82) is 0 Å². The maximum absolute atomic E-state index is 12.9. The molecule has 8 nitrogen and oxygen atoms in total. The Morgan fingerprint density at radius 2 is 1.62 bits per heavy atom. The first-order valence-electron chi connectivity index (χ1n) is 13.8. The molecule has 3 aliphatic rings. The minimum Gasteiger partial charge on any atom is -0.355 e. The Labute approximate surface area is 229 Å². The Balaban J connectivity index is 1.16. The van der Waals surface area contributed by atoms with Gasteiger partial charge >= 0.3 is 6.03 Å². The highest BCUT2D eigenvalue weighted by atomic mass is 32.2. The Morgan fingerprint density at radius 1 is 0.974 bits per heavy atom. The first-order valence-corrected chi connectivity index (χ1v) is 15.3. The monoisotopic (exact) mass is 549 g/mol. The Bertz CT molecular complexity index is 1440. The molecule has 5 rings (SSSR count). The van der Waals surface area contributed by atoms with Crippen molar-refractivity contribution in [2.45, 2.75) is 76.5 Å². The normalized spacial score (nSPS) is 18.2. The van der Waals surface area contributed by atoms with E-state index in [1.807, 2.05) is 13.8 Å². The lowest BCUT2D eigenvalue weighted by Crippen LogP contribution is -2.35. The van der Waals surface area contributed by atoms with Crippen molar-refractivity contribution in [1.82, 2.24) is 10.0 Å². The summed E-state index contributed by atoms with van der Waals surface area (Å²) in [5, 5.41) is 5.69. The second-order valence-electron chi connectivity index (χ2n) is 10.7. The molecule has 39 heavy (non-hydrogen) atoms. The number of fused-ring (bicyclic) bond motifs is 2. The Morgan fingerprint density at radius 3 is 2.21 bits per heavy atom. The third-order valence-electron chi connectivity index (χ3n) is 8.19. The number of urea groups is 1. The number of nitrogens with one attached hydrogen (secondary N) is 3. The fourth-order valence-corrected chi connectivity index (χ4v) is 7.11. The largest absolute Gasteiger partial charge is 0.355 e. The summed E-state index contributed by atoms with van der Waals surface area (Å²) in [4.78, 5) is 37.7. The van der Waals surface area contributed by atoms with Crippen LogP contribution >= 0.6 is 0 Å². The summed E-state index contributed by atoms with van der Waals surface area (Å²) in [5.74, 6) is -1.01. The van der Waals surface area contributed by atoms with Crippen LogP contribution in [0.4, 0.5) is 10.5 Å². The fraction of sp³-hybridized carbons (Fsp3) is 0.433. The van der Waals surface area contributed by atoms with E-state index in [4.69, 9.17) is 0 Å². The van der Waals surface area contributed by atoms with Crippen LogP contribution in [0.5, 0.6) is 0 Å². The summed E-state index contributed by atoms with van der Waals surface area (Å²) < 4.78 is 28.0. The third kappa shape index (κ3) is 5.50. The van der Waals surface area contributed by atoms with E-state index in [1.54, 1.807) is 12.1 Å². The van der Waals surface area contributed by atoms with E-state index in [1.165, 1.54) is 23.3 Å². The lowest BCUT2D eigenvalue weighted by atomic mass is 9.99. The Hall–Kier alpha value is -3.46. The van der Waals surface area contributed by atoms with Crippen molar-refractivity contribution in [3.63, 3.8) is 0 Å². The Kier molecular flexibility index (Phi) is 7.62. The number of rotatable bonds is 8. The molecule has 0 saturated heterocycles. The van der Waals surface area contributed by atoms with E-state index in [0.717, 1.165) is 72.0 Å². The predicted octanol–water partition coefficient (Wildman–Crippen LogP) is 4.15. The number of amides is 3. The number of hydrogen-bond acceptors (Lipinski definition) is 5. The van der Waals surface area contributed by atoms with Gasteiger partial charge in [0.25, 0.3) is 10.0 Å². The summed E-state index contributed by atoms with van der Waals surface area (Å²) >= 11 is 0. The molecular weight excluding hydrogens is 514 g/mol. The molecule has 0 heterocycles. The van der Waals surface area contributed by atoms with Crippen molar-refractivity contribution < 1.29 is 22.8 Å². The molecule has 9 heteroatoms. The number of aryl methyl sites for hydroxylation is 2. The average molecular weight is 550 g/mol. The molecule has 0 aliphatic heterocycles. The number of allylic oxidation sites excluding steroid dienone is 2. The summed E-state index contributed by atoms with van der Waals surface area (Å²) in [5.41, 5.74) is 8.14. The van der Waals surface area contributed by atoms with E-state index in [0.29, 0.717) is 25.8 Å². The zero-order chi connectivity index (χ0) is 27.7. The van der Waals surface area contributed by atoms with Crippen molar-refractivity contribution in [3.05, 3.63) is 69.3 Å². The van der Waals surface area contributed by atoms with Crippen molar-refractivity contribution in [2.75, 3.05) is 11.9 Å². The van der Waals surface area contributed by atoms with Gasteiger partial charge in [-0.15, -0.1) is 0 Å². The minimum absolute atomic E-state index is 0.0147. The van der Waals surface area contributed by atoms with Gasteiger partial charge < -0.3 is 10.6 Å². The van der Waals surface area contributed by atoms with E-state index in [9.17, 15) is 22.8 Å². The molecule has 0 aromatic heterocycles. The number of hydrogen-bond donors (Lipinski definition) is 3. The minimum atomic E-state index is -4.06. The van der Waals surface area contributed by atoms with Crippen LogP contribution < -0.4 is 15.4 Å². The van der Waals surface area contributed by atoms with E-state index >= 15 is 0 Å². The van der Waals surface area contributed by atoms with E-state index in [-0.39, 0.29) is 16.6 Å². The number of anilines is 1. The number of sulfonamides is 1. The molecular formula is C30H35N3O5S. The highest BCUT2D eigenvalue weighted by Crippen LogP contribution is 2.38. The highest BCUT2D eigenvalue weighted by molar-refractivity contribution is 7.90. The van der Waals surface area contributed by atoms with Crippen LogP contribution in [0.15, 0.2) is 46.4 Å². The number of carbonyl (C=O) groups excluding carboxylic acids is 3. The van der Waals surface area contributed by atoms with Crippen LogP contribution in [0.2, 0.25) is 0 Å². The first kappa shape index (κ1) is 27.1. The third-order valence-corrected chi connectivity index (χ3v) is 9.54. The van der Waals surface area contributed by atoms with Crippen LogP contribution in [-0.2, 0) is 51.7 Å². The van der Waals surface area contributed by atoms with Crippen LogP contribution in [0.3, 0.4) is 0 Å². The second-order valence-corrected chi connectivity index (χ2v) is 12.4. The van der Waals surface area contributed by atoms with Gasteiger partial charge in [0.2, 0.25) is 5.91 Å². The molecule has 1 atom stereocenters. The zero-order valence-electron chi connectivity index (χ0n) is 22.5. The number of carbonyl (C=O) groups is 3. The molecule has 3 aliphatic carbocycles. The van der Waals surface area contributed by atoms with Gasteiger partial charge in [0, 0.05) is 12.2 Å². The van der Waals surface area contributed by atoms with Gasteiger partial charge in [-0.3, -0.25) is 9.59 Å². The number of benzene rings is 2. The SMILES string of the molecule is CCC1=C(C)CC(C(=O)NCCc2ccc(S(=O)(=O)NC(=O)Nc3c4c(cc5c3CCC5)CCC4)cc2)C1=O. The molecule has 1 unspecified atom stereocenters. The lowest BCUT2D eigenvalue weighted by Gasteiger charge is -2.16. The maximum Gasteiger partial charge on any atom is 0.333 e. The van der Waals surface area contributed by atoms with Gasteiger partial charge in [-0.05, 0) is 110 Å². The lowest BCUT2D eigenvalue weighted by molar-refractivity contribution is -0.131. The summed E-state index contributed by atoms with van der Waals surface area (Å²) in [6.07, 6.45) is 7.42. The van der Waals surface area contributed by atoms with Crippen LogP contribution in [0.1, 0.15) is 67.3 Å². The topological polar surface area (TPSA) is 121 Å². The molecule has 0 radical (unpaired) electrons. The molecule has 0 bridgehead atoms. The van der Waals surface area contributed by atoms with Gasteiger partial charge in [-0.25, -0.2) is 17.9 Å². The highest BCUT2D eigenvalue weighted by Gasteiger charge is 2.35. The second kappa shape index (κ2) is 11.0. The quantitative estimate of drug-likeness (QED) is 0.427. The van der Waals surface area contributed by atoms with Crippen molar-refractivity contribution in [2.24, 2.45) is 5.92 Å². The number of Topliss-reactive ketones (excluding diaryl/α,β-unsaturated/α-hetero) is 1. The van der Waals surface area contributed by atoms with Gasteiger partial charge in [-0.2, -0.15) is 0 Å². The molecule has 0 spiro atoms. The van der Waals surface area contributed by atoms with E-state index in [2.05, 4.69) is 21.4 Å². The molecule has 2 aromatic carbocycles. The standard InChI is InChI=1S/C30H35N3O5S/c1-3-23-18(2)16-26(28(23)34)29(35)31-15-14-19-10-12-22(13-11-19)39(37,38)33-30(36)32-27-24-8-4-6-20(24)17-21-7-5-9-25(21)27/h10-13,17,26H,3-9,14-16H2,1-2H3,(H,31,35)(H2,32,33,36). The van der Waals surface area contributed by atoms with Gasteiger partial charge in [0.05, 0.1) is 4.90 Å². The van der Waals surface area contributed by atoms with E-state index < -0.39 is 22.0 Å². The molecule has 206 valence electrons. The molecule has 3 amide bonds. The molecule has 0 saturated carbocycles. The molecule has 0 fully saturated rings. The molecule has 2 aromatic rings. The zero-order valence-corrected chi connectivity index (χ0v) is 23.3. The first-order chi connectivity index (χ1) is 18.7. The average Bonchev–Trinajstić information content (AvgIpc) is 3.63. The smallest absolute Gasteiger partial charge is 0.333 e. The van der Waals surface area contributed by atoms with Gasteiger partial charge in [0.1, 0.15) is 5.92 Å². The van der Waals surface area contributed by atoms with Crippen molar-refractivity contribution >= 4 is 33.4 Å². The van der Waals surface area contributed by atoms with Crippen LogP contribution in [0, 0.1) is 5.92 Å². The van der Waals surface area contributed by atoms with Gasteiger partial charge in [0.15, 0.2) is 5.78 Å².